The summed E-state index contributed by atoms with van der Waals surface area (Å²) in [5.41, 5.74) is -0.217. The summed E-state index contributed by atoms with van der Waals surface area (Å²) in [4.78, 5) is 12.5. The number of aromatic nitrogens is 1. The highest BCUT2D eigenvalue weighted by Crippen LogP contribution is 2.16. The van der Waals surface area contributed by atoms with Gasteiger partial charge in [-0.2, -0.15) is 0 Å². The van der Waals surface area contributed by atoms with Crippen LogP contribution in [0.25, 0.3) is 0 Å². The Morgan fingerprint density at radius 2 is 2.27 bits per heavy atom. The van der Waals surface area contributed by atoms with Crippen LogP contribution in [0.2, 0.25) is 0 Å². The van der Waals surface area contributed by atoms with E-state index in [-0.39, 0.29) is 12.1 Å². The molecule has 1 aromatic heterocycles. The molecule has 0 spiro atoms. The van der Waals surface area contributed by atoms with E-state index in [1.54, 1.807) is 12.3 Å². The van der Waals surface area contributed by atoms with Gasteiger partial charge in [0.15, 0.2) is 5.76 Å². The summed E-state index contributed by atoms with van der Waals surface area (Å²) in [5.74, 6) is -0.171. The predicted octanol–water partition coefficient (Wildman–Crippen LogP) is 1.36. The first-order valence-corrected chi connectivity index (χ1v) is 4.76. The van der Waals surface area contributed by atoms with Gasteiger partial charge in [-0.25, -0.2) is 0 Å². The van der Waals surface area contributed by atoms with Crippen molar-refractivity contribution in [2.45, 2.75) is 32.9 Å². The zero-order valence-corrected chi connectivity index (χ0v) is 9.23. The molecule has 0 bridgehead atoms. The molecule has 0 amide bonds. The molecule has 1 N–H and O–H groups in total. The van der Waals surface area contributed by atoms with Crippen LogP contribution in [0.1, 0.15) is 26.5 Å². The molecule has 1 rings (SSSR count). The van der Waals surface area contributed by atoms with E-state index in [1.807, 2.05) is 25.7 Å². The van der Waals surface area contributed by atoms with Gasteiger partial charge in [0.1, 0.15) is 0 Å². The van der Waals surface area contributed by atoms with Crippen LogP contribution in [0, 0.1) is 0 Å². The van der Waals surface area contributed by atoms with Gasteiger partial charge >= 0.3 is 5.97 Å². The van der Waals surface area contributed by atoms with Gasteiger partial charge in [-0.3, -0.25) is 9.69 Å². The second kappa shape index (κ2) is 4.44. The first-order chi connectivity index (χ1) is 6.89. The fourth-order valence-corrected chi connectivity index (χ4v) is 1.21. The van der Waals surface area contributed by atoms with Crippen molar-refractivity contribution in [2.24, 2.45) is 0 Å². The molecule has 1 aromatic rings. The van der Waals surface area contributed by atoms with Gasteiger partial charge in [0, 0.05) is 11.6 Å². The topological polar surface area (TPSA) is 66.6 Å². The summed E-state index contributed by atoms with van der Waals surface area (Å²) in [6.45, 7) is 6.34. The highest BCUT2D eigenvalue weighted by atomic mass is 16.5. The van der Waals surface area contributed by atoms with Gasteiger partial charge < -0.3 is 9.63 Å². The summed E-state index contributed by atoms with van der Waals surface area (Å²) in [6, 6.07) is 1.74. The maximum atomic E-state index is 10.7. The smallest absolute Gasteiger partial charge is 0.317 e. The molecule has 84 valence electrons. The van der Waals surface area contributed by atoms with E-state index in [9.17, 15) is 4.79 Å². The fourth-order valence-electron chi connectivity index (χ4n) is 1.21. The minimum absolute atomic E-state index is 0.00972. The molecule has 0 saturated heterocycles. The molecule has 0 saturated carbocycles. The Hall–Kier alpha value is -1.36. The third kappa shape index (κ3) is 3.71. The molecule has 5 nitrogen and oxygen atoms in total. The van der Waals surface area contributed by atoms with Crippen LogP contribution in [0.15, 0.2) is 16.8 Å². The van der Waals surface area contributed by atoms with Crippen LogP contribution in [0.3, 0.4) is 0 Å². The van der Waals surface area contributed by atoms with Gasteiger partial charge in [0.25, 0.3) is 0 Å². The van der Waals surface area contributed by atoms with E-state index in [0.717, 1.165) is 0 Å². The largest absolute Gasteiger partial charge is 0.480 e. The predicted molar refractivity (Wildman–Crippen MR) is 54.3 cm³/mol. The number of hydrogen-bond acceptors (Lipinski definition) is 4. The lowest BCUT2D eigenvalue weighted by atomic mass is 10.1. The van der Waals surface area contributed by atoms with Gasteiger partial charge in [0.05, 0.1) is 19.3 Å². The molecule has 0 radical (unpaired) electrons. The van der Waals surface area contributed by atoms with Crippen LogP contribution in [-0.4, -0.2) is 33.2 Å². The first kappa shape index (κ1) is 11.7. The van der Waals surface area contributed by atoms with Crippen LogP contribution >= 0.6 is 0 Å². The van der Waals surface area contributed by atoms with Gasteiger partial charge in [-0.05, 0) is 20.8 Å². The SMILES string of the molecule is CC(C)(C)N(CC(=O)O)Cc1ccno1. The lowest BCUT2D eigenvalue weighted by Crippen LogP contribution is -2.43. The van der Waals surface area contributed by atoms with E-state index < -0.39 is 5.97 Å². The maximum absolute atomic E-state index is 10.7. The average molecular weight is 212 g/mol. The van der Waals surface area contributed by atoms with Crippen molar-refractivity contribution in [3.05, 3.63) is 18.0 Å². The van der Waals surface area contributed by atoms with Crippen molar-refractivity contribution in [3.63, 3.8) is 0 Å². The van der Waals surface area contributed by atoms with Gasteiger partial charge in [0.2, 0.25) is 0 Å². The van der Waals surface area contributed by atoms with Crippen LogP contribution in [-0.2, 0) is 11.3 Å². The number of nitrogens with zero attached hydrogens (tertiary/aromatic N) is 2. The second-order valence-corrected chi connectivity index (χ2v) is 4.40. The summed E-state index contributed by atoms with van der Waals surface area (Å²) in [5, 5.41) is 12.4. The van der Waals surface area contributed by atoms with Crippen molar-refractivity contribution >= 4 is 5.97 Å². The van der Waals surface area contributed by atoms with Crippen LogP contribution in [0.4, 0.5) is 0 Å². The van der Waals surface area contributed by atoms with E-state index >= 15 is 0 Å². The molecule has 0 fully saturated rings. The zero-order chi connectivity index (χ0) is 11.5. The summed E-state index contributed by atoms with van der Waals surface area (Å²) >= 11 is 0. The van der Waals surface area contributed by atoms with Crippen molar-refractivity contribution in [3.8, 4) is 0 Å². The van der Waals surface area contributed by atoms with E-state index in [4.69, 9.17) is 9.63 Å². The third-order valence-corrected chi connectivity index (χ3v) is 2.11. The molecule has 1 heterocycles. The summed E-state index contributed by atoms with van der Waals surface area (Å²) in [6.07, 6.45) is 1.55. The molecular formula is C10H16N2O3. The highest BCUT2D eigenvalue weighted by Gasteiger charge is 2.24. The molecule has 0 aromatic carbocycles. The number of rotatable bonds is 4. The lowest BCUT2D eigenvalue weighted by Gasteiger charge is -2.33. The number of carboxylic acids is 1. The first-order valence-electron chi connectivity index (χ1n) is 4.76. The number of aliphatic carboxylic acids is 1. The van der Waals surface area contributed by atoms with E-state index in [1.165, 1.54) is 0 Å². The maximum Gasteiger partial charge on any atom is 0.317 e. The van der Waals surface area contributed by atoms with Crippen LogP contribution < -0.4 is 0 Å². The molecule has 0 aliphatic heterocycles. The quantitative estimate of drug-likeness (QED) is 0.816. The Morgan fingerprint density at radius 1 is 1.60 bits per heavy atom. The fraction of sp³-hybridized carbons (Fsp3) is 0.600. The Labute approximate surface area is 88.7 Å². The van der Waals surface area contributed by atoms with Crippen molar-refractivity contribution in [1.29, 1.82) is 0 Å². The molecule has 0 aliphatic rings. The Kier molecular flexibility index (Phi) is 3.47. The second-order valence-electron chi connectivity index (χ2n) is 4.40. The molecule has 0 atom stereocenters. The van der Waals surface area contributed by atoms with E-state index in [0.29, 0.717) is 12.3 Å². The van der Waals surface area contributed by atoms with E-state index in [2.05, 4.69) is 5.16 Å². The van der Waals surface area contributed by atoms with Crippen molar-refractivity contribution < 1.29 is 14.4 Å². The number of carboxylic acid groups (broad SMARTS) is 1. The van der Waals surface area contributed by atoms with Gasteiger partial charge in [-0.15, -0.1) is 0 Å². The molecule has 15 heavy (non-hydrogen) atoms. The third-order valence-electron chi connectivity index (χ3n) is 2.11. The van der Waals surface area contributed by atoms with Crippen LogP contribution in [0.5, 0.6) is 0 Å². The lowest BCUT2D eigenvalue weighted by molar-refractivity contribution is -0.140. The average Bonchev–Trinajstić information content (AvgIpc) is 2.53. The summed E-state index contributed by atoms with van der Waals surface area (Å²) in [7, 11) is 0. The number of hydrogen-bond donors (Lipinski definition) is 1. The highest BCUT2D eigenvalue weighted by molar-refractivity contribution is 5.69. The summed E-state index contributed by atoms with van der Waals surface area (Å²) < 4.78 is 4.96. The monoisotopic (exact) mass is 212 g/mol. The Morgan fingerprint density at radius 3 is 2.67 bits per heavy atom. The van der Waals surface area contributed by atoms with Gasteiger partial charge in [-0.1, -0.05) is 5.16 Å². The van der Waals surface area contributed by atoms with Crippen molar-refractivity contribution in [2.75, 3.05) is 6.54 Å². The minimum atomic E-state index is -0.843. The standard InChI is InChI=1S/C10H16N2O3/c1-10(2,3)12(7-9(13)14)6-8-4-5-11-15-8/h4-5H,6-7H2,1-3H3,(H,13,14). The molecule has 0 aliphatic carbocycles. The Bertz CT molecular complexity index is 314. The number of carbonyl (C=O) groups is 1. The molecule has 0 unspecified atom stereocenters. The zero-order valence-electron chi connectivity index (χ0n) is 9.23. The normalized spacial score (nSPS) is 12.0. The Balaban J connectivity index is 2.69. The van der Waals surface area contributed by atoms with Crippen molar-refractivity contribution in [1.82, 2.24) is 10.1 Å². The minimum Gasteiger partial charge on any atom is -0.480 e. The molecule has 5 heteroatoms. The molecular weight excluding hydrogens is 196 g/mol.